The first-order valence-corrected chi connectivity index (χ1v) is 10.6. The van der Waals surface area contributed by atoms with Crippen molar-refractivity contribution in [2.45, 2.75) is 57.4 Å². The topological polar surface area (TPSA) is 60.9 Å². The number of hydrogen-bond donors (Lipinski definition) is 1. The maximum atomic E-state index is 4.27. The molecule has 5 rings (SSSR count). The van der Waals surface area contributed by atoms with Gasteiger partial charge in [-0.3, -0.25) is 4.90 Å². The van der Waals surface area contributed by atoms with Crippen LogP contribution in [0.5, 0.6) is 0 Å². The number of anilines is 1. The minimum atomic E-state index is 0.443. The number of benzene rings is 2. The summed E-state index contributed by atoms with van der Waals surface area (Å²) in [6.07, 6.45) is 3.63. The molecule has 2 bridgehead atoms. The summed E-state index contributed by atoms with van der Waals surface area (Å²) in [4.78, 5) is 5.14. The van der Waals surface area contributed by atoms with E-state index in [1.807, 2.05) is 0 Å². The minimum Gasteiger partial charge on any atom is -0.332 e. The van der Waals surface area contributed by atoms with Gasteiger partial charge in [0.25, 0.3) is 0 Å². The van der Waals surface area contributed by atoms with E-state index >= 15 is 0 Å². The highest BCUT2D eigenvalue weighted by molar-refractivity contribution is 5.37. The van der Waals surface area contributed by atoms with E-state index in [1.165, 1.54) is 30.4 Å². The van der Waals surface area contributed by atoms with Crippen LogP contribution in [0.25, 0.3) is 0 Å². The number of tetrazole rings is 1. The molecule has 2 aliphatic heterocycles. The molecule has 0 aliphatic carbocycles. The van der Waals surface area contributed by atoms with Crippen LogP contribution in [-0.4, -0.2) is 43.6 Å². The Balaban J connectivity index is 1.47. The molecule has 3 heterocycles. The lowest BCUT2D eigenvalue weighted by Gasteiger charge is -2.47. The zero-order valence-corrected chi connectivity index (χ0v) is 16.9. The number of aromatic nitrogens is 4. The van der Waals surface area contributed by atoms with Gasteiger partial charge in [0.15, 0.2) is 0 Å². The maximum Gasteiger partial charge on any atom is 0.243 e. The molecule has 0 amide bonds. The lowest BCUT2D eigenvalue weighted by Crippen LogP contribution is -2.57. The van der Waals surface area contributed by atoms with Crippen LogP contribution >= 0.6 is 0 Å². The van der Waals surface area contributed by atoms with Crippen molar-refractivity contribution < 1.29 is 0 Å². The highest BCUT2D eigenvalue weighted by atomic mass is 15.5. The minimum absolute atomic E-state index is 0.443. The Morgan fingerprint density at radius 1 is 0.931 bits per heavy atom. The van der Waals surface area contributed by atoms with Crippen molar-refractivity contribution in [1.82, 2.24) is 25.5 Å². The van der Waals surface area contributed by atoms with Gasteiger partial charge in [-0.05, 0) is 46.7 Å². The number of H-pyrrole nitrogens is 1. The van der Waals surface area contributed by atoms with Crippen molar-refractivity contribution in [3.63, 3.8) is 0 Å². The van der Waals surface area contributed by atoms with Crippen LogP contribution in [0.15, 0.2) is 60.7 Å². The van der Waals surface area contributed by atoms with E-state index in [0.29, 0.717) is 24.0 Å². The summed E-state index contributed by atoms with van der Waals surface area (Å²) in [6, 6.07) is 23.1. The molecular formula is C23H28N6. The van der Waals surface area contributed by atoms with Crippen LogP contribution in [0.1, 0.15) is 37.3 Å². The summed E-state index contributed by atoms with van der Waals surface area (Å²) in [7, 11) is 0. The summed E-state index contributed by atoms with van der Waals surface area (Å²) >= 11 is 0. The van der Waals surface area contributed by atoms with Crippen molar-refractivity contribution >= 4 is 5.95 Å². The van der Waals surface area contributed by atoms with Crippen molar-refractivity contribution in [1.29, 1.82) is 0 Å². The van der Waals surface area contributed by atoms with Crippen molar-refractivity contribution in [2.24, 2.45) is 5.92 Å². The summed E-state index contributed by atoms with van der Waals surface area (Å²) in [5.41, 5.74) is 2.73. The third kappa shape index (κ3) is 3.65. The van der Waals surface area contributed by atoms with E-state index < -0.39 is 0 Å². The van der Waals surface area contributed by atoms with E-state index in [4.69, 9.17) is 0 Å². The predicted octanol–water partition coefficient (Wildman–Crippen LogP) is 3.65. The molecule has 0 saturated carbocycles. The normalized spacial score (nSPS) is 26.2. The molecule has 2 aliphatic rings. The first-order valence-electron chi connectivity index (χ1n) is 10.6. The second-order valence-corrected chi connectivity index (χ2v) is 8.50. The van der Waals surface area contributed by atoms with E-state index in [1.54, 1.807) is 0 Å². The Hall–Kier alpha value is -2.73. The lowest BCUT2D eigenvalue weighted by molar-refractivity contribution is 0.111. The van der Waals surface area contributed by atoms with Gasteiger partial charge < -0.3 is 4.90 Å². The van der Waals surface area contributed by atoms with Crippen molar-refractivity contribution in [2.75, 3.05) is 4.90 Å². The molecule has 1 aromatic heterocycles. The van der Waals surface area contributed by atoms with E-state index in [-0.39, 0.29) is 0 Å². The van der Waals surface area contributed by atoms with Gasteiger partial charge in [-0.1, -0.05) is 72.7 Å². The number of piperidine rings is 1. The summed E-state index contributed by atoms with van der Waals surface area (Å²) in [5.74, 6) is 1.44. The Kier molecular flexibility index (Phi) is 5.02. The molecule has 2 fully saturated rings. The van der Waals surface area contributed by atoms with Gasteiger partial charge in [0.1, 0.15) is 0 Å². The highest BCUT2D eigenvalue weighted by Crippen LogP contribution is 2.43. The zero-order chi connectivity index (χ0) is 19.6. The van der Waals surface area contributed by atoms with Crippen LogP contribution in [0.2, 0.25) is 0 Å². The zero-order valence-electron chi connectivity index (χ0n) is 16.9. The number of nitrogens with one attached hydrogen (secondary N) is 1. The third-order valence-electron chi connectivity index (χ3n) is 6.69. The lowest BCUT2D eigenvalue weighted by atomic mass is 9.87. The van der Waals surface area contributed by atoms with Crippen molar-refractivity contribution in [3.05, 3.63) is 71.8 Å². The van der Waals surface area contributed by atoms with Crippen LogP contribution in [0.3, 0.4) is 0 Å². The molecule has 2 aromatic carbocycles. The molecule has 150 valence electrons. The third-order valence-corrected chi connectivity index (χ3v) is 6.69. The van der Waals surface area contributed by atoms with Gasteiger partial charge in [0, 0.05) is 31.2 Å². The number of nitrogens with zero attached hydrogens (tertiary/aromatic N) is 5. The molecule has 1 N–H and O–H groups in total. The first kappa shape index (κ1) is 18.3. The molecular weight excluding hydrogens is 360 g/mol. The molecule has 2 saturated heterocycles. The maximum absolute atomic E-state index is 4.27. The summed E-state index contributed by atoms with van der Waals surface area (Å²) in [5, 5.41) is 15.0. The fraction of sp³-hybridized carbons (Fsp3) is 0.435. The number of fused-ring (bicyclic) bond motifs is 2. The first-order chi connectivity index (χ1) is 14.3. The Bertz CT molecular complexity index is 856. The van der Waals surface area contributed by atoms with Crippen LogP contribution in [0, 0.1) is 5.92 Å². The van der Waals surface area contributed by atoms with E-state index in [0.717, 1.165) is 19.0 Å². The summed E-state index contributed by atoms with van der Waals surface area (Å²) < 4.78 is 0. The van der Waals surface area contributed by atoms with E-state index in [9.17, 15) is 0 Å². The molecule has 0 spiro atoms. The predicted molar refractivity (Wildman–Crippen MR) is 113 cm³/mol. The number of rotatable bonds is 6. The molecule has 29 heavy (non-hydrogen) atoms. The Morgan fingerprint density at radius 2 is 1.55 bits per heavy atom. The number of aromatic amines is 1. The SMILES string of the molecule is CC1CC(N(Cc2ccccc2)Cc2ccccc2)C2CCC1N2c1nnn[nH]1. The van der Waals surface area contributed by atoms with Crippen LogP contribution < -0.4 is 4.90 Å². The number of hydrogen-bond acceptors (Lipinski definition) is 5. The monoisotopic (exact) mass is 388 g/mol. The van der Waals surface area contributed by atoms with Gasteiger partial charge in [-0.15, -0.1) is 0 Å². The van der Waals surface area contributed by atoms with Crippen LogP contribution in [-0.2, 0) is 13.1 Å². The standard InChI is InChI=1S/C23H28N6/c1-17-14-22(21-13-12-20(17)29(21)23-24-26-27-25-23)28(15-18-8-4-2-5-9-18)16-19-10-6-3-7-11-19/h2-11,17,20-22H,12-16H2,1H3,(H,24,25,26,27). The molecule has 0 radical (unpaired) electrons. The molecule has 4 atom stereocenters. The molecule has 6 heteroatoms. The second-order valence-electron chi connectivity index (χ2n) is 8.50. The molecule has 6 nitrogen and oxygen atoms in total. The average molecular weight is 389 g/mol. The Morgan fingerprint density at radius 3 is 2.14 bits per heavy atom. The van der Waals surface area contributed by atoms with Gasteiger partial charge >= 0.3 is 0 Å². The quantitative estimate of drug-likeness (QED) is 0.698. The van der Waals surface area contributed by atoms with Gasteiger partial charge in [-0.25, -0.2) is 5.10 Å². The van der Waals surface area contributed by atoms with Gasteiger partial charge in [-0.2, -0.15) is 0 Å². The Labute approximate surface area is 171 Å². The smallest absolute Gasteiger partial charge is 0.243 e. The highest BCUT2D eigenvalue weighted by Gasteiger charge is 2.48. The summed E-state index contributed by atoms with van der Waals surface area (Å²) in [6.45, 7) is 4.30. The van der Waals surface area contributed by atoms with Gasteiger partial charge in [0.2, 0.25) is 5.95 Å². The van der Waals surface area contributed by atoms with Gasteiger partial charge in [0.05, 0.1) is 0 Å². The second kappa shape index (κ2) is 7.95. The van der Waals surface area contributed by atoms with Crippen molar-refractivity contribution in [3.8, 4) is 0 Å². The molecule has 3 aromatic rings. The van der Waals surface area contributed by atoms with Crippen LogP contribution in [0.4, 0.5) is 5.95 Å². The largest absolute Gasteiger partial charge is 0.332 e. The molecule has 4 unspecified atom stereocenters. The fourth-order valence-electron chi connectivity index (χ4n) is 5.39. The van der Waals surface area contributed by atoms with E-state index in [2.05, 4.69) is 98.0 Å². The average Bonchev–Trinajstić information content (AvgIpc) is 3.39. The fourth-order valence-corrected chi connectivity index (χ4v) is 5.39.